The first-order chi connectivity index (χ1) is 10.1. The van der Waals surface area contributed by atoms with E-state index in [9.17, 15) is 4.79 Å². The Morgan fingerprint density at radius 1 is 1.19 bits per heavy atom. The number of hydrogen-bond acceptors (Lipinski definition) is 2. The molecular formula is C17H18ClNO2. The number of para-hydroxylation sites is 1. The lowest BCUT2D eigenvalue weighted by Gasteiger charge is -2.15. The second kappa shape index (κ2) is 7.14. The van der Waals surface area contributed by atoms with Crippen molar-refractivity contribution >= 4 is 23.2 Å². The van der Waals surface area contributed by atoms with E-state index in [2.05, 4.69) is 12.2 Å². The third kappa shape index (κ3) is 4.23. The van der Waals surface area contributed by atoms with Crippen LogP contribution in [0.1, 0.15) is 19.4 Å². The molecule has 0 aliphatic rings. The van der Waals surface area contributed by atoms with Crippen LogP contribution in [0.5, 0.6) is 5.75 Å². The van der Waals surface area contributed by atoms with Crippen LogP contribution in [0.25, 0.3) is 0 Å². The molecule has 110 valence electrons. The highest BCUT2D eigenvalue weighted by Gasteiger charge is 2.16. The van der Waals surface area contributed by atoms with Crippen molar-refractivity contribution in [2.24, 2.45) is 0 Å². The van der Waals surface area contributed by atoms with Crippen molar-refractivity contribution in [1.29, 1.82) is 0 Å². The second-order valence-electron chi connectivity index (χ2n) is 4.73. The maximum absolute atomic E-state index is 12.1. The van der Waals surface area contributed by atoms with Crippen LogP contribution in [-0.2, 0) is 11.2 Å². The summed E-state index contributed by atoms with van der Waals surface area (Å²) in [6.45, 7) is 3.78. The Hall–Kier alpha value is -2.00. The smallest absolute Gasteiger partial charge is 0.265 e. The van der Waals surface area contributed by atoms with E-state index >= 15 is 0 Å². The second-order valence-corrected chi connectivity index (χ2v) is 5.14. The van der Waals surface area contributed by atoms with Crippen molar-refractivity contribution in [2.75, 3.05) is 5.32 Å². The normalized spacial score (nSPS) is 11.8. The van der Waals surface area contributed by atoms with Gasteiger partial charge >= 0.3 is 0 Å². The molecule has 2 aromatic carbocycles. The van der Waals surface area contributed by atoms with E-state index in [1.807, 2.05) is 36.4 Å². The molecule has 2 aromatic rings. The first-order valence-electron chi connectivity index (χ1n) is 6.91. The van der Waals surface area contributed by atoms with Crippen LogP contribution in [0.15, 0.2) is 48.5 Å². The molecule has 4 heteroatoms. The summed E-state index contributed by atoms with van der Waals surface area (Å²) in [4.78, 5) is 12.1. The van der Waals surface area contributed by atoms with Crippen LogP contribution < -0.4 is 10.1 Å². The molecule has 0 spiro atoms. The quantitative estimate of drug-likeness (QED) is 0.894. The number of hydrogen-bond donors (Lipinski definition) is 1. The molecule has 1 unspecified atom stereocenters. The SMILES string of the molecule is CCc1ccc(NC(=O)C(C)Oc2ccccc2Cl)cc1. The summed E-state index contributed by atoms with van der Waals surface area (Å²) in [5.74, 6) is 0.294. The van der Waals surface area contributed by atoms with Crippen molar-refractivity contribution in [1.82, 2.24) is 0 Å². The maximum Gasteiger partial charge on any atom is 0.265 e. The predicted molar refractivity (Wildman–Crippen MR) is 86.0 cm³/mol. The number of benzene rings is 2. The molecule has 0 saturated heterocycles. The molecule has 0 radical (unpaired) electrons. The monoisotopic (exact) mass is 303 g/mol. The molecule has 1 N–H and O–H groups in total. The number of carbonyl (C=O) groups excluding carboxylic acids is 1. The fourth-order valence-corrected chi connectivity index (χ4v) is 2.03. The van der Waals surface area contributed by atoms with Gasteiger partial charge in [-0.15, -0.1) is 0 Å². The molecule has 1 atom stereocenters. The highest BCUT2D eigenvalue weighted by Crippen LogP contribution is 2.24. The molecule has 3 nitrogen and oxygen atoms in total. The van der Waals surface area contributed by atoms with Gasteiger partial charge in [-0.2, -0.15) is 0 Å². The summed E-state index contributed by atoms with van der Waals surface area (Å²) in [5.41, 5.74) is 1.99. The van der Waals surface area contributed by atoms with E-state index in [-0.39, 0.29) is 5.91 Å². The highest BCUT2D eigenvalue weighted by atomic mass is 35.5. The molecule has 0 aromatic heterocycles. The van der Waals surface area contributed by atoms with Gasteiger partial charge in [-0.25, -0.2) is 0 Å². The Bertz CT molecular complexity index is 610. The molecule has 0 saturated carbocycles. The molecule has 1 amide bonds. The van der Waals surface area contributed by atoms with Gasteiger partial charge in [-0.05, 0) is 43.2 Å². The Morgan fingerprint density at radius 3 is 2.48 bits per heavy atom. The summed E-state index contributed by atoms with van der Waals surface area (Å²) < 4.78 is 5.58. The van der Waals surface area contributed by atoms with E-state index in [0.717, 1.165) is 12.1 Å². The Morgan fingerprint density at radius 2 is 1.86 bits per heavy atom. The number of rotatable bonds is 5. The van der Waals surface area contributed by atoms with Crippen LogP contribution in [-0.4, -0.2) is 12.0 Å². The number of aryl methyl sites for hydroxylation is 1. The van der Waals surface area contributed by atoms with Gasteiger partial charge in [-0.1, -0.05) is 42.8 Å². The van der Waals surface area contributed by atoms with Crippen LogP contribution in [0.2, 0.25) is 5.02 Å². The van der Waals surface area contributed by atoms with Crippen molar-refractivity contribution < 1.29 is 9.53 Å². The van der Waals surface area contributed by atoms with Gasteiger partial charge in [0.25, 0.3) is 5.91 Å². The third-order valence-corrected chi connectivity index (χ3v) is 3.45. The van der Waals surface area contributed by atoms with Gasteiger partial charge in [0.1, 0.15) is 5.75 Å². The number of ether oxygens (including phenoxy) is 1. The third-order valence-electron chi connectivity index (χ3n) is 3.14. The van der Waals surface area contributed by atoms with Gasteiger partial charge in [0.05, 0.1) is 5.02 Å². The fraction of sp³-hybridized carbons (Fsp3) is 0.235. The molecular weight excluding hydrogens is 286 g/mol. The summed E-state index contributed by atoms with van der Waals surface area (Å²) in [6.07, 6.45) is 0.344. The van der Waals surface area contributed by atoms with Crippen LogP contribution in [0, 0.1) is 0 Å². The van der Waals surface area contributed by atoms with Crippen molar-refractivity contribution in [3.63, 3.8) is 0 Å². The standard InChI is InChI=1S/C17H18ClNO2/c1-3-13-8-10-14(11-9-13)19-17(20)12(2)21-16-7-5-4-6-15(16)18/h4-12H,3H2,1-2H3,(H,19,20). The van der Waals surface area contributed by atoms with Crippen molar-refractivity contribution in [3.05, 3.63) is 59.1 Å². The molecule has 2 rings (SSSR count). The van der Waals surface area contributed by atoms with Crippen LogP contribution in [0.3, 0.4) is 0 Å². The maximum atomic E-state index is 12.1. The Balaban J connectivity index is 1.97. The number of halogens is 1. The minimum Gasteiger partial charge on any atom is -0.479 e. The Kier molecular flexibility index (Phi) is 5.23. The fourth-order valence-electron chi connectivity index (χ4n) is 1.85. The van der Waals surface area contributed by atoms with E-state index in [1.54, 1.807) is 19.1 Å². The number of nitrogens with one attached hydrogen (secondary N) is 1. The average molecular weight is 304 g/mol. The van der Waals surface area contributed by atoms with Crippen molar-refractivity contribution in [2.45, 2.75) is 26.4 Å². The summed E-state index contributed by atoms with van der Waals surface area (Å²) >= 11 is 6.01. The summed E-state index contributed by atoms with van der Waals surface area (Å²) in [5, 5.41) is 3.32. The number of anilines is 1. The van der Waals surface area contributed by atoms with E-state index in [4.69, 9.17) is 16.3 Å². The minimum absolute atomic E-state index is 0.209. The largest absolute Gasteiger partial charge is 0.479 e. The summed E-state index contributed by atoms with van der Waals surface area (Å²) in [7, 11) is 0. The van der Waals surface area contributed by atoms with Crippen LogP contribution >= 0.6 is 11.6 Å². The zero-order valence-electron chi connectivity index (χ0n) is 12.1. The molecule has 0 heterocycles. The molecule has 0 fully saturated rings. The summed E-state index contributed by atoms with van der Waals surface area (Å²) in [6, 6.07) is 14.9. The highest BCUT2D eigenvalue weighted by molar-refractivity contribution is 6.32. The van der Waals surface area contributed by atoms with Gasteiger partial charge in [0.15, 0.2) is 6.10 Å². The lowest BCUT2D eigenvalue weighted by molar-refractivity contribution is -0.122. The van der Waals surface area contributed by atoms with Crippen molar-refractivity contribution in [3.8, 4) is 5.75 Å². The molecule has 0 aliphatic heterocycles. The van der Waals surface area contributed by atoms with E-state index < -0.39 is 6.10 Å². The minimum atomic E-state index is -0.629. The first-order valence-corrected chi connectivity index (χ1v) is 7.29. The zero-order valence-corrected chi connectivity index (χ0v) is 12.9. The predicted octanol–water partition coefficient (Wildman–Crippen LogP) is 4.31. The lowest BCUT2D eigenvalue weighted by Crippen LogP contribution is -2.30. The van der Waals surface area contributed by atoms with Gasteiger partial charge in [0.2, 0.25) is 0 Å². The van der Waals surface area contributed by atoms with Gasteiger partial charge in [0, 0.05) is 5.69 Å². The van der Waals surface area contributed by atoms with Gasteiger partial charge in [-0.3, -0.25) is 4.79 Å². The average Bonchev–Trinajstić information content (AvgIpc) is 2.50. The van der Waals surface area contributed by atoms with E-state index in [0.29, 0.717) is 10.8 Å². The molecule has 0 bridgehead atoms. The van der Waals surface area contributed by atoms with Gasteiger partial charge < -0.3 is 10.1 Å². The first kappa shape index (κ1) is 15.4. The number of amides is 1. The van der Waals surface area contributed by atoms with Crippen LogP contribution in [0.4, 0.5) is 5.69 Å². The lowest BCUT2D eigenvalue weighted by atomic mass is 10.1. The topological polar surface area (TPSA) is 38.3 Å². The Labute approximate surface area is 129 Å². The zero-order chi connectivity index (χ0) is 15.2. The molecule has 0 aliphatic carbocycles. The van der Waals surface area contributed by atoms with E-state index in [1.165, 1.54) is 5.56 Å². The number of carbonyl (C=O) groups is 1. The molecule has 21 heavy (non-hydrogen) atoms.